The van der Waals surface area contributed by atoms with E-state index in [-0.39, 0.29) is 11.0 Å². The quantitative estimate of drug-likeness (QED) is 0.661. The van der Waals surface area contributed by atoms with Crippen LogP contribution in [0.4, 0.5) is 5.82 Å². The first-order valence-corrected chi connectivity index (χ1v) is 9.43. The van der Waals surface area contributed by atoms with Crippen molar-refractivity contribution in [1.82, 2.24) is 34.3 Å². The zero-order valence-corrected chi connectivity index (χ0v) is 17.0. The Bertz CT molecular complexity index is 1060. The summed E-state index contributed by atoms with van der Waals surface area (Å²) in [6, 6.07) is 5.82. The first-order valence-electron chi connectivity index (χ1n) is 9.43. The van der Waals surface area contributed by atoms with Crippen molar-refractivity contribution in [2.75, 3.05) is 25.0 Å². The van der Waals surface area contributed by atoms with Gasteiger partial charge < -0.3 is 4.90 Å². The van der Waals surface area contributed by atoms with Crippen molar-refractivity contribution in [3.05, 3.63) is 46.4 Å². The standard InChI is InChI=1S/C19H26N8O/c1-19(2,3)18-22-21-14-6-7-15(23-27(14)18)26-10-13(11-26)24(4)12-16-20-9-8-17(28)25(16)5/h6-9,13H,10-12H2,1-5H3. The lowest BCUT2D eigenvalue weighted by Gasteiger charge is -2.44. The van der Waals surface area contributed by atoms with E-state index in [2.05, 4.69) is 52.8 Å². The van der Waals surface area contributed by atoms with Crippen LogP contribution >= 0.6 is 0 Å². The molecule has 0 atom stereocenters. The molecule has 0 amide bonds. The SMILES string of the molecule is CN(Cc1nccc(=O)n1C)C1CN(c2ccc3nnc(C(C)(C)C)n3n2)C1. The Morgan fingerprint density at radius 2 is 1.93 bits per heavy atom. The summed E-state index contributed by atoms with van der Waals surface area (Å²) < 4.78 is 3.44. The molecule has 0 spiro atoms. The van der Waals surface area contributed by atoms with E-state index >= 15 is 0 Å². The van der Waals surface area contributed by atoms with E-state index in [1.807, 2.05) is 16.6 Å². The summed E-state index contributed by atoms with van der Waals surface area (Å²) in [4.78, 5) is 20.6. The van der Waals surface area contributed by atoms with Crippen LogP contribution < -0.4 is 10.5 Å². The van der Waals surface area contributed by atoms with Gasteiger partial charge in [-0.2, -0.15) is 4.52 Å². The molecule has 0 N–H and O–H groups in total. The van der Waals surface area contributed by atoms with Crippen molar-refractivity contribution in [2.24, 2.45) is 7.05 Å². The van der Waals surface area contributed by atoms with E-state index in [4.69, 9.17) is 5.10 Å². The van der Waals surface area contributed by atoms with Gasteiger partial charge in [0.2, 0.25) is 0 Å². The highest BCUT2D eigenvalue weighted by Crippen LogP contribution is 2.25. The van der Waals surface area contributed by atoms with Gasteiger partial charge in [-0.05, 0) is 19.2 Å². The average Bonchev–Trinajstić information content (AvgIpc) is 3.01. The zero-order chi connectivity index (χ0) is 20.1. The van der Waals surface area contributed by atoms with Crippen LogP contribution in [-0.2, 0) is 19.0 Å². The van der Waals surface area contributed by atoms with Gasteiger partial charge in [0.25, 0.3) is 5.56 Å². The molecule has 3 aromatic heterocycles. The van der Waals surface area contributed by atoms with Gasteiger partial charge in [0, 0.05) is 43.9 Å². The van der Waals surface area contributed by atoms with E-state index in [0.29, 0.717) is 12.6 Å². The summed E-state index contributed by atoms with van der Waals surface area (Å²) in [5, 5.41) is 13.3. The highest BCUT2D eigenvalue weighted by molar-refractivity contribution is 5.48. The molecule has 0 saturated carbocycles. The largest absolute Gasteiger partial charge is 0.352 e. The fourth-order valence-corrected chi connectivity index (χ4v) is 3.35. The summed E-state index contributed by atoms with van der Waals surface area (Å²) in [5.41, 5.74) is 0.607. The molecule has 148 valence electrons. The van der Waals surface area contributed by atoms with Gasteiger partial charge in [-0.1, -0.05) is 20.8 Å². The molecule has 1 aliphatic rings. The van der Waals surface area contributed by atoms with Crippen molar-refractivity contribution < 1.29 is 0 Å². The molecule has 0 radical (unpaired) electrons. The maximum absolute atomic E-state index is 11.8. The van der Waals surface area contributed by atoms with Crippen molar-refractivity contribution in [3.8, 4) is 0 Å². The number of hydrogen-bond acceptors (Lipinski definition) is 7. The molecule has 1 fully saturated rings. The van der Waals surface area contributed by atoms with Gasteiger partial charge in [-0.3, -0.25) is 14.3 Å². The third kappa shape index (κ3) is 3.26. The van der Waals surface area contributed by atoms with Crippen molar-refractivity contribution in [3.63, 3.8) is 0 Å². The maximum atomic E-state index is 11.8. The summed E-state index contributed by atoms with van der Waals surface area (Å²) >= 11 is 0. The summed E-state index contributed by atoms with van der Waals surface area (Å²) in [7, 11) is 3.83. The van der Waals surface area contributed by atoms with Crippen LogP contribution in [0.3, 0.4) is 0 Å². The first-order chi connectivity index (χ1) is 13.2. The molecule has 4 heterocycles. The van der Waals surface area contributed by atoms with Gasteiger partial charge in [0.15, 0.2) is 11.5 Å². The fourth-order valence-electron chi connectivity index (χ4n) is 3.35. The second kappa shape index (κ2) is 6.66. The van der Waals surface area contributed by atoms with Crippen LogP contribution in [0.25, 0.3) is 5.65 Å². The van der Waals surface area contributed by atoms with Gasteiger partial charge in [-0.25, -0.2) is 4.98 Å². The first kappa shape index (κ1) is 18.5. The molecule has 0 unspecified atom stereocenters. The summed E-state index contributed by atoms with van der Waals surface area (Å²) in [5.74, 6) is 2.55. The van der Waals surface area contributed by atoms with E-state index in [0.717, 1.165) is 36.2 Å². The Morgan fingerprint density at radius 1 is 1.18 bits per heavy atom. The van der Waals surface area contributed by atoms with Crippen LogP contribution in [0.1, 0.15) is 32.4 Å². The van der Waals surface area contributed by atoms with Crippen molar-refractivity contribution in [1.29, 1.82) is 0 Å². The van der Waals surface area contributed by atoms with Crippen LogP contribution in [0.15, 0.2) is 29.2 Å². The van der Waals surface area contributed by atoms with Crippen LogP contribution in [0.5, 0.6) is 0 Å². The second-order valence-corrected chi connectivity index (χ2v) is 8.47. The van der Waals surface area contributed by atoms with Crippen LogP contribution in [0.2, 0.25) is 0 Å². The lowest BCUT2D eigenvalue weighted by Crippen LogP contribution is -2.58. The van der Waals surface area contributed by atoms with E-state index < -0.39 is 0 Å². The lowest BCUT2D eigenvalue weighted by atomic mass is 9.96. The van der Waals surface area contributed by atoms with E-state index in [1.54, 1.807) is 17.8 Å². The molecule has 0 aliphatic carbocycles. The van der Waals surface area contributed by atoms with E-state index in [9.17, 15) is 4.79 Å². The summed E-state index contributed by atoms with van der Waals surface area (Å²) in [6.07, 6.45) is 1.57. The van der Waals surface area contributed by atoms with Gasteiger partial charge in [0.1, 0.15) is 11.6 Å². The molecule has 0 bridgehead atoms. The normalized spacial score (nSPS) is 15.4. The minimum Gasteiger partial charge on any atom is -0.352 e. The van der Waals surface area contributed by atoms with Crippen LogP contribution in [-0.4, -0.2) is 60.4 Å². The zero-order valence-electron chi connectivity index (χ0n) is 17.0. The highest BCUT2D eigenvalue weighted by atomic mass is 16.1. The molecule has 4 rings (SSSR count). The smallest absolute Gasteiger partial charge is 0.253 e. The minimum absolute atomic E-state index is 0.0327. The monoisotopic (exact) mass is 382 g/mol. The number of aromatic nitrogens is 6. The molecule has 1 aliphatic heterocycles. The number of nitrogens with zero attached hydrogens (tertiary/aromatic N) is 8. The molecule has 9 nitrogen and oxygen atoms in total. The predicted molar refractivity (Wildman–Crippen MR) is 106 cm³/mol. The Kier molecular flexibility index (Phi) is 4.41. The van der Waals surface area contributed by atoms with E-state index in [1.165, 1.54) is 6.07 Å². The van der Waals surface area contributed by atoms with Crippen LogP contribution in [0, 0.1) is 0 Å². The molecule has 1 saturated heterocycles. The number of likely N-dealkylation sites (N-methyl/N-ethyl adjacent to an activating group) is 1. The Balaban J connectivity index is 1.46. The Labute approximate surface area is 163 Å². The van der Waals surface area contributed by atoms with Gasteiger partial charge >= 0.3 is 0 Å². The minimum atomic E-state index is -0.124. The topological polar surface area (TPSA) is 84.5 Å². The van der Waals surface area contributed by atoms with Gasteiger partial charge in [-0.15, -0.1) is 15.3 Å². The lowest BCUT2D eigenvalue weighted by molar-refractivity contribution is 0.190. The average molecular weight is 382 g/mol. The molecule has 0 aromatic carbocycles. The Morgan fingerprint density at radius 3 is 2.64 bits per heavy atom. The van der Waals surface area contributed by atoms with Crippen molar-refractivity contribution >= 4 is 11.5 Å². The number of fused-ring (bicyclic) bond motifs is 1. The number of anilines is 1. The van der Waals surface area contributed by atoms with Gasteiger partial charge in [0.05, 0.1) is 6.54 Å². The molecular formula is C19H26N8O. The number of hydrogen-bond donors (Lipinski definition) is 0. The molecule has 28 heavy (non-hydrogen) atoms. The third-order valence-electron chi connectivity index (χ3n) is 5.28. The maximum Gasteiger partial charge on any atom is 0.253 e. The Hall–Kier alpha value is -2.81. The van der Waals surface area contributed by atoms with Crippen molar-refractivity contribution in [2.45, 2.75) is 38.8 Å². The highest BCUT2D eigenvalue weighted by Gasteiger charge is 2.32. The molecular weight excluding hydrogens is 356 g/mol. The fraction of sp³-hybridized carbons (Fsp3) is 0.526. The second-order valence-electron chi connectivity index (χ2n) is 8.47. The third-order valence-corrected chi connectivity index (χ3v) is 5.28. The summed E-state index contributed by atoms with van der Waals surface area (Å²) in [6.45, 7) is 8.72. The number of rotatable bonds is 4. The molecule has 3 aromatic rings. The predicted octanol–water partition coefficient (Wildman–Crippen LogP) is 0.836. The molecule has 9 heteroatoms.